The SMILES string of the molecule is CCOc1ccc(C(=O)NCC(=O)OCC(=O)NCC(=O)NC(C)C)cc1. The standard InChI is InChI=1S/C18H25N3O6/c1-4-26-14-7-5-13(6-8-14)18(25)20-10-17(24)27-11-16(23)19-9-15(22)21-12(2)3/h5-8,12H,4,9-11H2,1-3H3,(H,19,23)(H,20,25)(H,21,22). The van der Waals surface area contributed by atoms with Gasteiger partial charge in [-0.3, -0.25) is 19.2 Å². The van der Waals surface area contributed by atoms with E-state index < -0.39 is 24.4 Å². The molecule has 0 spiro atoms. The summed E-state index contributed by atoms with van der Waals surface area (Å²) in [5.74, 6) is -1.53. The molecule has 148 valence electrons. The number of hydrogen-bond acceptors (Lipinski definition) is 6. The maximum atomic E-state index is 11.9. The number of carbonyl (C=O) groups is 4. The Morgan fingerprint density at radius 1 is 0.963 bits per heavy atom. The van der Waals surface area contributed by atoms with Crippen molar-refractivity contribution in [2.24, 2.45) is 0 Å². The Balaban J connectivity index is 2.27. The topological polar surface area (TPSA) is 123 Å². The number of benzene rings is 1. The lowest BCUT2D eigenvalue weighted by Crippen LogP contribution is -2.41. The summed E-state index contributed by atoms with van der Waals surface area (Å²) in [5, 5.41) is 7.32. The van der Waals surface area contributed by atoms with Crippen LogP contribution in [-0.2, 0) is 19.1 Å². The zero-order valence-corrected chi connectivity index (χ0v) is 15.7. The lowest BCUT2D eigenvalue weighted by molar-refractivity contribution is -0.147. The number of nitrogens with one attached hydrogen (secondary N) is 3. The second-order valence-electron chi connectivity index (χ2n) is 5.80. The second-order valence-corrected chi connectivity index (χ2v) is 5.80. The predicted octanol–water partition coefficient (Wildman–Crippen LogP) is -0.000900. The highest BCUT2D eigenvalue weighted by Crippen LogP contribution is 2.11. The smallest absolute Gasteiger partial charge is 0.325 e. The van der Waals surface area contributed by atoms with Gasteiger partial charge in [-0.25, -0.2) is 0 Å². The van der Waals surface area contributed by atoms with Crippen LogP contribution < -0.4 is 20.7 Å². The van der Waals surface area contributed by atoms with Crippen LogP contribution in [0.1, 0.15) is 31.1 Å². The van der Waals surface area contributed by atoms with Crippen LogP contribution in [0.2, 0.25) is 0 Å². The van der Waals surface area contributed by atoms with Gasteiger partial charge in [-0.2, -0.15) is 0 Å². The van der Waals surface area contributed by atoms with Gasteiger partial charge in [0, 0.05) is 11.6 Å². The molecule has 3 amide bonds. The monoisotopic (exact) mass is 379 g/mol. The van der Waals surface area contributed by atoms with E-state index in [4.69, 9.17) is 9.47 Å². The van der Waals surface area contributed by atoms with Crippen molar-refractivity contribution in [3.05, 3.63) is 29.8 Å². The number of rotatable bonds is 10. The number of hydrogen-bond donors (Lipinski definition) is 3. The summed E-state index contributed by atoms with van der Waals surface area (Å²) in [6.45, 7) is 4.84. The molecule has 27 heavy (non-hydrogen) atoms. The minimum Gasteiger partial charge on any atom is -0.494 e. The van der Waals surface area contributed by atoms with E-state index in [0.717, 1.165) is 0 Å². The van der Waals surface area contributed by atoms with Crippen LogP contribution in [0.25, 0.3) is 0 Å². The Labute approximate surface area is 157 Å². The fourth-order valence-corrected chi connectivity index (χ4v) is 1.92. The Morgan fingerprint density at radius 3 is 2.22 bits per heavy atom. The summed E-state index contributed by atoms with van der Waals surface area (Å²) < 4.78 is 10.0. The zero-order chi connectivity index (χ0) is 20.2. The third kappa shape index (κ3) is 9.24. The quantitative estimate of drug-likeness (QED) is 0.492. The average molecular weight is 379 g/mol. The van der Waals surface area contributed by atoms with Crippen molar-refractivity contribution in [2.45, 2.75) is 26.8 Å². The molecule has 9 nitrogen and oxygen atoms in total. The van der Waals surface area contributed by atoms with Gasteiger partial charge in [0.05, 0.1) is 13.2 Å². The summed E-state index contributed by atoms with van der Waals surface area (Å²) in [5.41, 5.74) is 0.361. The molecule has 3 N–H and O–H groups in total. The second kappa shape index (κ2) is 11.5. The number of carbonyl (C=O) groups excluding carboxylic acids is 4. The molecule has 0 radical (unpaired) electrons. The molecule has 0 bridgehead atoms. The largest absolute Gasteiger partial charge is 0.494 e. The van der Waals surface area contributed by atoms with Crippen LogP contribution in [-0.4, -0.2) is 56.0 Å². The average Bonchev–Trinajstić information content (AvgIpc) is 2.63. The van der Waals surface area contributed by atoms with E-state index in [1.807, 2.05) is 6.92 Å². The molecule has 0 aliphatic heterocycles. The first-order valence-corrected chi connectivity index (χ1v) is 8.54. The van der Waals surface area contributed by atoms with Gasteiger partial charge in [-0.05, 0) is 45.0 Å². The number of esters is 1. The predicted molar refractivity (Wildman–Crippen MR) is 97.2 cm³/mol. The van der Waals surface area contributed by atoms with Crippen molar-refractivity contribution in [2.75, 3.05) is 26.3 Å². The fourth-order valence-electron chi connectivity index (χ4n) is 1.92. The molecule has 0 heterocycles. The highest BCUT2D eigenvalue weighted by Gasteiger charge is 2.12. The van der Waals surface area contributed by atoms with Gasteiger partial charge in [0.15, 0.2) is 6.61 Å². The molecule has 0 fully saturated rings. The maximum Gasteiger partial charge on any atom is 0.325 e. The van der Waals surface area contributed by atoms with Crippen LogP contribution in [0.15, 0.2) is 24.3 Å². The molecular weight excluding hydrogens is 354 g/mol. The summed E-state index contributed by atoms with van der Waals surface area (Å²) in [7, 11) is 0. The minimum absolute atomic E-state index is 0.0359. The van der Waals surface area contributed by atoms with Crippen molar-refractivity contribution in [1.82, 2.24) is 16.0 Å². The summed E-state index contributed by atoms with van der Waals surface area (Å²) in [4.78, 5) is 46.4. The Kier molecular flexibility index (Phi) is 9.35. The van der Waals surface area contributed by atoms with E-state index in [1.54, 1.807) is 38.1 Å². The fraction of sp³-hybridized carbons (Fsp3) is 0.444. The molecule has 0 unspecified atom stereocenters. The van der Waals surface area contributed by atoms with Crippen LogP contribution in [0, 0.1) is 0 Å². The van der Waals surface area contributed by atoms with Crippen molar-refractivity contribution < 1.29 is 28.7 Å². The van der Waals surface area contributed by atoms with E-state index in [0.29, 0.717) is 17.9 Å². The third-order valence-corrected chi connectivity index (χ3v) is 3.08. The molecular formula is C18H25N3O6. The van der Waals surface area contributed by atoms with Crippen LogP contribution in [0.4, 0.5) is 0 Å². The molecule has 0 aliphatic rings. The van der Waals surface area contributed by atoms with Crippen LogP contribution >= 0.6 is 0 Å². The van der Waals surface area contributed by atoms with Gasteiger partial charge < -0.3 is 25.4 Å². The molecule has 1 aromatic carbocycles. The van der Waals surface area contributed by atoms with E-state index in [9.17, 15) is 19.2 Å². The number of ether oxygens (including phenoxy) is 2. The Bertz CT molecular complexity index is 658. The van der Waals surface area contributed by atoms with Crippen molar-refractivity contribution >= 4 is 23.7 Å². The van der Waals surface area contributed by atoms with Gasteiger partial charge in [0.1, 0.15) is 12.3 Å². The van der Waals surface area contributed by atoms with Gasteiger partial charge in [0.25, 0.3) is 11.8 Å². The van der Waals surface area contributed by atoms with Crippen molar-refractivity contribution in [3.8, 4) is 5.75 Å². The molecule has 0 aliphatic carbocycles. The summed E-state index contributed by atoms with van der Waals surface area (Å²) in [6, 6.07) is 6.40. The molecule has 0 atom stereocenters. The zero-order valence-electron chi connectivity index (χ0n) is 15.7. The minimum atomic E-state index is -0.768. The number of amides is 3. The Morgan fingerprint density at radius 2 is 1.63 bits per heavy atom. The highest BCUT2D eigenvalue weighted by atomic mass is 16.5. The van der Waals surface area contributed by atoms with Crippen molar-refractivity contribution in [1.29, 1.82) is 0 Å². The van der Waals surface area contributed by atoms with Crippen LogP contribution in [0.3, 0.4) is 0 Å². The lowest BCUT2D eigenvalue weighted by Gasteiger charge is -2.10. The Hall–Kier alpha value is -3.10. The first-order chi connectivity index (χ1) is 12.8. The molecule has 9 heteroatoms. The lowest BCUT2D eigenvalue weighted by atomic mass is 10.2. The van der Waals surface area contributed by atoms with E-state index >= 15 is 0 Å². The first kappa shape index (κ1) is 21.9. The molecule has 1 aromatic rings. The highest BCUT2D eigenvalue weighted by molar-refractivity contribution is 5.96. The van der Waals surface area contributed by atoms with E-state index in [1.165, 1.54) is 0 Å². The molecule has 0 saturated heterocycles. The summed E-state index contributed by atoms with van der Waals surface area (Å²) in [6.07, 6.45) is 0. The third-order valence-electron chi connectivity index (χ3n) is 3.08. The van der Waals surface area contributed by atoms with E-state index in [2.05, 4.69) is 16.0 Å². The van der Waals surface area contributed by atoms with Gasteiger partial charge >= 0.3 is 5.97 Å². The molecule has 0 saturated carbocycles. The van der Waals surface area contributed by atoms with E-state index in [-0.39, 0.29) is 25.0 Å². The van der Waals surface area contributed by atoms with Gasteiger partial charge in [-0.1, -0.05) is 0 Å². The molecule has 1 rings (SSSR count). The van der Waals surface area contributed by atoms with Crippen LogP contribution in [0.5, 0.6) is 5.75 Å². The van der Waals surface area contributed by atoms with Gasteiger partial charge in [-0.15, -0.1) is 0 Å². The van der Waals surface area contributed by atoms with Gasteiger partial charge in [0.2, 0.25) is 5.91 Å². The summed E-state index contributed by atoms with van der Waals surface area (Å²) >= 11 is 0. The molecule has 0 aromatic heterocycles. The van der Waals surface area contributed by atoms with Crippen molar-refractivity contribution in [3.63, 3.8) is 0 Å². The maximum absolute atomic E-state index is 11.9. The normalized spacial score (nSPS) is 10.1. The first-order valence-electron chi connectivity index (χ1n) is 8.54.